The van der Waals surface area contributed by atoms with E-state index in [0.29, 0.717) is 5.69 Å². The Morgan fingerprint density at radius 2 is 1.87 bits per heavy atom. The summed E-state index contributed by atoms with van der Waals surface area (Å²) < 4.78 is 17.6. The van der Waals surface area contributed by atoms with Gasteiger partial charge in [-0.15, -0.1) is 11.8 Å². The van der Waals surface area contributed by atoms with Crippen LogP contribution in [0.2, 0.25) is 0 Å². The van der Waals surface area contributed by atoms with Crippen LogP contribution in [0.25, 0.3) is 0 Å². The van der Waals surface area contributed by atoms with Gasteiger partial charge in [-0.25, -0.2) is 4.39 Å². The summed E-state index contributed by atoms with van der Waals surface area (Å²) in [5.41, 5.74) is 0.476. The van der Waals surface area contributed by atoms with Gasteiger partial charge in [-0.2, -0.15) is 0 Å². The van der Waals surface area contributed by atoms with E-state index in [1.807, 2.05) is 0 Å². The number of benzene rings is 1. The van der Waals surface area contributed by atoms with Crippen molar-refractivity contribution in [1.29, 1.82) is 0 Å². The molecular weight excluding hydrogens is 323 g/mol. The second-order valence-electron chi connectivity index (χ2n) is 4.90. The standard InChI is InChI=1S/C15H19FN2O4S/c1-10(15(21)22-8-14(20)18(2)3)23-9-13(19)17-12-6-4-11(16)5-7-12/h4-7,10H,8-9H2,1-3H3,(H,17,19)/t10-/m0/s1. The third-order valence-corrected chi connectivity index (χ3v) is 3.88. The molecule has 0 saturated heterocycles. The highest BCUT2D eigenvalue weighted by molar-refractivity contribution is 8.01. The number of ether oxygens (including phenoxy) is 1. The lowest BCUT2D eigenvalue weighted by Gasteiger charge is -2.13. The minimum Gasteiger partial charge on any atom is -0.455 e. The number of carbonyl (C=O) groups excluding carboxylic acids is 3. The Morgan fingerprint density at radius 3 is 2.43 bits per heavy atom. The molecule has 0 fully saturated rings. The summed E-state index contributed by atoms with van der Waals surface area (Å²) in [6.07, 6.45) is 0. The molecule has 126 valence electrons. The normalized spacial score (nSPS) is 11.5. The molecule has 1 rings (SSSR count). The van der Waals surface area contributed by atoms with Crippen molar-refractivity contribution in [2.45, 2.75) is 12.2 Å². The summed E-state index contributed by atoms with van der Waals surface area (Å²) in [4.78, 5) is 36.1. The number of nitrogens with zero attached hydrogens (tertiary/aromatic N) is 1. The fraction of sp³-hybridized carbons (Fsp3) is 0.400. The number of carbonyl (C=O) groups is 3. The smallest absolute Gasteiger partial charge is 0.319 e. The van der Waals surface area contributed by atoms with E-state index in [1.165, 1.54) is 29.2 Å². The van der Waals surface area contributed by atoms with Gasteiger partial charge in [0.25, 0.3) is 5.91 Å². The molecule has 1 N–H and O–H groups in total. The summed E-state index contributed by atoms with van der Waals surface area (Å²) in [6.45, 7) is 1.27. The molecule has 0 aromatic heterocycles. The van der Waals surface area contributed by atoms with Gasteiger partial charge >= 0.3 is 5.97 Å². The Balaban J connectivity index is 2.32. The maximum atomic E-state index is 12.8. The highest BCUT2D eigenvalue weighted by Crippen LogP contribution is 2.14. The number of amides is 2. The molecule has 0 aliphatic carbocycles. The second-order valence-corrected chi connectivity index (χ2v) is 6.23. The SMILES string of the molecule is C[C@H](SCC(=O)Nc1ccc(F)cc1)C(=O)OCC(=O)N(C)C. The maximum absolute atomic E-state index is 12.8. The first-order chi connectivity index (χ1) is 10.8. The van der Waals surface area contributed by atoms with Gasteiger partial charge in [0.2, 0.25) is 5.91 Å². The van der Waals surface area contributed by atoms with Crippen molar-refractivity contribution in [3.8, 4) is 0 Å². The van der Waals surface area contributed by atoms with Gasteiger partial charge in [0.05, 0.1) is 5.75 Å². The maximum Gasteiger partial charge on any atom is 0.319 e. The van der Waals surface area contributed by atoms with Crippen molar-refractivity contribution in [2.75, 3.05) is 31.8 Å². The van der Waals surface area contributed by atoms with Crippen molar-refractivity contribution in [3.05, 3.63) is 30.1 Å². The van der Waals surface area contributed by atoms with E-state index in [1.54, 1.807) is 21.0 Å². The van der Waals surface area contributed by atoms with Crippen LogP contribution < -0.4 is 5.32 Å². The van der Waals surface area contributed by atoms with Gasteiger partial charge in [0.1, 0.15) is 11.1 Å². The average Bonchev–Trinajstić information content (AvgIpc) is 2.51. The van der Waals surface area contributed by atoms with E-state index in [0.717, 1.165) is 11.8 Å². The molecular formula is C15H19FN2O4S. The number of halogens is 1. The fourth-order valence-electron chi connectivity index (χ4n) is 1.38. The molecule has 0 bridgehead atoms. The van der Waals surface area contributed by atoms with Gasteiger partial charge in [0.15, 0.2) is 6.61 Å². The first-order valence-corrected chi connectivity index (χ1v) is 7.88. The largest absolute Gasteiger partial charge is 0.455 e. The molecule has 6 nitrogen and oxygen atoms in total. The molecule has 2 amide bonds. The molecule has 0 unspecified atom stereocenters. The topological polar surface area (TPSA) is 75.7 Å². The zero-order chi connectivity index (χ0) is 17.4. The number of anilines is 1. The van der Waals surface area contributed by atoms with Crippen molar-refractivity contribution in [1.82, 2.24) is 4.90 Å². The molecule has 1 aromatic rings. The molecule has 0 aliphatic heterocycles. The minimum atomic E-state index is -0.580. The van der Waals surface area contributed by atoms with E-state index >= 15 is 0 Å². The van der Waals surface area contributed by atoms with Crippen molar-refractivity contribution < 1.29 is 23.5 Å². The first kappa shape index (κ1) is 19.0. The summed E-state index contributed by atoms with van der Waals surface area (Å²) >= 11 is 1.09. The Hall–Kier alpha value is -2.09. The van der Waals surface area contributed by atoms with Crippen molar-refractivity contribution >= 4 is 35.2 Å². The molecule has 0 saturated carbocycles. The predicted octanol–water partition coefficient (Wildman–Crippen LogP) is 1.52. The van der Waals surface area contributed by atoms with Crippen LogP contribution in [0, 0.1) is 5.82 Å². The van der Waals surface area contributed by atoms with Crippen LogP contribution in [0.3, 0.4) is 0 Å². The number of nitrogens with one attached hydrogen (secondary N) is 1. The van der Waals surface area contributed by atoms with Crippen LogP contribution in [0.4, 0.5) is 10.1 Å². The number of esters is 1. The Morgan fingerprint density at radius 1 is 1.26 bits per heavy atom. The van der Waals surface area contributed by atoms with Crippen LogP contribution in [0.15, 0.2) is 24.3 Å². The van der Waals surface area contributed by atoms with E-state index in [-0.39, 0.29) is 30.0 Å². The number of hydrogen-bond donors (Lipinski definition) is 1. The number of rotatable bonds is 7. The lowest BCUT2D eigenvalue weighted by Crippen LogP contribution is -2.30. The molecule has 8 heteroatoms. The van der Waals surface area contributed by atoms with Crippen molar-refractivity contribution in [2.24, 2.45) is 0 Å². The molecule has 0 heterocycles. The van der Waals surface area contributed by atoms with E-state index < -0.39 is 11.2 Å². The zero-order valence-electron chi connectivity index (χ0n) is 13.2. The highest BCUT2D eigenvalue weighted by Gasteiger charge is 2.18. The van der Waals surface area contributed by atoms with Crippen molar-refractivity contribution in [3.63, 3.8) is 0 Å². The number of thioether (sulfide) groups is 1. The fourth-order valence-corrected chi connectivity index (χ4v) is 2.06. The lowest BCUT2D eigenvalue weighted by atomic mass is 10.3. The summed E-state index contributed by atoms with van der Waals surface area (Å²) in [5.74, 6) is -1.54. The summed E-state index contributed by atoms with van der Waals surface area (Å²) in [7, 11) is 3.13. The molecule has 1 atom stereocenters. The molecule has 23 heavy (non-hydrogen) atoms. The van der Waals surface area contributed by atoms with E-state index in [2.05, 4.69) is 5.32 Å². The van der Waals surface area contributed by atoms with Crippen LogP contribution in [-0.4, -0.2) is 54.4 Å². The first-order valence-electron chi connectivity index (χ1n) is 6.83. The number of likely N-dealkylation sites (N-methyl/N-ethyl adjacent to an activating group) is 1. The molecule has 0 aliphatic rings. The lowest BCUT2D eigenvalue weighted by molar-refractivity contribution is -0.150. The van der Waals surface area contributed by atoms with Crippen LogP contribution >= 0.6 is 11.8 Å². The minimum absolute atomic E-state index is 0.0370. The Bertz CT molecular complexity index is 563. The van der Waals surface area contributed by atoms with Crippen LogP contribution in [0.5, 0.6) is 0 Å². The van der Waals surface area contributed by atoms with Gasteiger partial charge in [-0.3, -0.25) is 14.4 Å². The van der Waals surface area contributed by atoms with Gasteiger partial charge in [-0.05, 0) is 31.2 Å². The van der Waals surface area contributed by atoms with E-state index in [4.69, 9.17) is 4.74 Å². The van der Waals surface area contributed by atoms with Crippen LogP contribution in [-0.2, 0) is 19.1 Å². The Labute approximate surface area is 138 Å². The number of hydrogen-bond acceptors (Lipinski definition) is 5. The third kappa shape index (κ3) is 7.14. The molecule has 1 aromatic carbocycles. The van der Waals surface area contributed by atoms with Crippen LogP contribution in [0.1, 0.15) is 6.92 Å². The molecule has 0 radical (unpaired) electrons. The van der Waals surface area contributed by atoms with E-state index in [9.17, 15) is 18.8 Å². The summed E-state index contributed by atoms with van der Waals surface area (Å²) in [6, 6.07) is 5.37. The monoisotopic (exact) mass is 342 g/mol. The highest BCUT2D eigenvalue weighted by atomic mass is 32.2. The van der Waals surface area contributed by atoms with Gasteiger partial charge < -0.3 is 15.0 Å². The third-order valence-electron chi connectivity index (χ3n) is 2.76. The summed E-state index contributed by atoms with van der Waals surface area (Å²) in [5, 5.41) is 2.01. The quantitative estimate of drug-likeness (QED) is 0.761. The van der Waals surface area contributed by atoms with Gasteiger partial charge in [-0.1, -0.05) is 0 Å². The average molecular weight is 342 g/mol. The molecule has 0 spiro atoms. The second kappa shape index (κ2) is 9.14. The van der Waals surface area contributed by atoms with Gasteiger partial charge in [0, 0.05) is 19.8 Å². The zero-order valence-corrected chi connectivity index (χ0v) is 14.0. The Kier molecular flexibility index (Phi) is 7.53. The predicted molar refractivity (Wildman–Crippen MR) is 86.6 cm³/mol.